The number of aromatic hydroxyl groups is 3. The van der Waals surface area contributed by atoms with E-state index in [9.17, 15) is 34.8 Å². The number of Topliss-reactive ketones (excluding diaryl/α,β-unsaturated/α-hetero) is 3. The van der Waals surface area contributed by atoms with Crippen molar-refractivity contribution < 1.29 is 34.8 Å². The van der Waals surface area contributed by atoms with Crippen molar-refractivity contribution in [2.24, 2.45) is 5.92 Å². The Bertz CT molecular complexity index is 1740. The van der Waals surface area contributed by atoms with Crippen LogP contribution in [0.2, 0.25) is 0 Å². The highest BCUT2D eigenvalue weighted by atomic mass is 16.3. The lowest BCUT2D eigenvalue weighted by Crippen LogP contribution is -2.42. The fourth-order valence-electron chi connectivity index (χ4n) is 7.24. The number of aliphatic hydroxyl groups excluding tert-OH is 1. The van der Waals surface area contributed by atoms with Crippen molar-refractivity contribution in [1.29, 1.82) is 0 Å². The lowest BCUT2D eigenvalue weighted by Gasteiger charge is -2.44. The molecule has 3 atom stereocenters. The van der Waals surface area contributed by atoms with Gasteiger partial charge in [0.15, 0.2) is 17.3 Å². The minimum Gasteiger partial charge on any atom is -0.507 e. The third kappa shape index (κ3) is 2.49. The maximum absolute atomic E-state index is 13.7. The van der Waals surface area contributed by atoms with Gasteiger partial charge in [-0.15, -0.1) is 0 Å². The first-order valence-electron chi connectivity index (χ1n) is 12.4. The number of aliphatic hydroxyl groups is 1. The fraction of sp³-hybridized carbons (Fsp3) is 0.194. The number of carbonyl (C=O) groups excluding carboxylic acids is 3. The number of allylic oxidation sites excluding steroid dienone is 3. The molecule has 7 nitrogen and oxygen atoms in total. The van der Waals surface area contributed by atoms with Crippen LogP contribution in [0.1, 0.15) is 73.1 Å². The Labute approximate surface area is 217 Å². The van der Waals surface area contributed by atoms with E-state index in [0.717, 1.165) is 0 Å². The number of rotatable bonds is 1. The summed E-state index contributed by atoms with van der Waals surface area (Å²) in [5, 5.41) is 43.1. The first-order chi connectivity index (χ1) is 18.2. The molecule has 0 saturated heterocycles. The third-order valence-corrected chi connectivity index (χ3v) is 8.59. The smallest absolute Gasteiger partial charge is 0.195 e. The lowest BCUT2D eigenvalue weighted by molar-refractivity contribution is 0.0882. The number of carbonyl (C=O) groups is 3. The first kappa shape index (κ1) is 22.7. The van der Waals surface area contributed by atoms with Gasteiger partial charge in [-0.25, -0.2) is 0 Å². The number of hydrogen-bond acceptors (Lipinski definition) is 7. The molecule has 3 unspecified atom stereocenters. The Balaban J connectivity index is 1.76. The number of phenols is 3. The summed E-state index contributed by atoms with van der Waals surface area (Å²) in [6, 6.07) is 12.8. The molecule has 0 amide bonds. The molecule has 0 radical (unpaired) electrons. The molecule has 4 aliphatic carbocycles. The predicted octanol–water partition coefficient (Wildman–Crippen LogP) is 4.31. The molecule has 0 heterocycles. The number of benzene rings is 3. The summed E-state index contributed by atoms with van der Waals surface area (Å²) >= 11 is 0. The maximum atomic E-state index is 13.7. The van der Waals surface area contributed by atoms with Crippen LogP contribution in [0, 0.1) is 5.92 Å². The van der Waals surface area contributed by atoms with Crippen LogP contribution in [0.25, 0.3) is 11.1 Å². The molecule has 0 saturated carbocycles. The molecule has 1 spiro atoms. The van der Waals surface area contributed by atoms with E-state index >= 15 is 0 Å². The summed E-state index contributed by atoms with van der Waals surface area (Å²) in [5.74, 6) is -2.31. The van der Waals surface area contributed by atoms with Crippen LogP contribution in [0.4, 0.5) is 0 Å². The summed E-state index contributed by atoms with van der Waals surface area (Å²) in [7, 11) is 0. The van der Waals surface area contributed by atoms with Crippen LogP contribution >= 0.6 is 0 Å². The topological polar surface area (TPSA) is 132 Å². The van der Waals surface area contributed by atoms with Crippen molar-refractivity contribution in [2.45, 2.75) is 31.3 Å². The molecule has 0 fully saturated rings. The maximum Gasteiger partial charge on any atom is 0.195 e. The summed E-state index contributed by atoms with van der Waals surface area (Å²) in [6.45, 7) is 1.47. The zero-order valence-electron chi connectivity index (χ0n) is 20.3. The van der Waals surface area contributed by atoms with Gasteiger partial charge in [0.25, 0.3) is 0 Å². The first-order valence-corrected chi connectivity index (χ1v) is 12.4. The minimum absolute atomic E-state index is 0.0432. The Morgan fingerprint density at radius 3 is 2.08 bits per heavy atom. The Morgan fingerprint density at radius 1 is 0.763 bits per heavy atom. The minimum atomic E-state index is -1.14. The average Bonchev–Trinajstić information content (AvgIpc) is 3.09. The van der Waals surface area contributed by atoms with E-state index in [0.29, 0.717) is 33.4 Å². The van der Waals surface area contributed by atoms with Crippen molar-refractivity contribution in [1.82, 2.24) is 0 Å². The zero-order valence-corrected chi connectivity index (χ0v) is 20.3. The van der Waals surface area contributed by atoms with E-state index in [1.54, 1.807) is 36.4 Å². The van der Waals surface area contributed by atoms with Gasteiger partial charge >= 0.3 is 0 Å². The SMILES string of the molecule is CC(O)C1=CC2=C3c4cccc(O)c4C(=O)CC4CC(=O)c5c(O)cccc5C34c3ccc(O)c(c32)C1=O. The van der Waals surface area contributed by atoms with Gasteiger partial charge in [-0.3, -0.25) is 14.4 Å². The van der Waals surface area contributed by atoms with Crippen LogP contribution in [0.5, 0.6) is 17.2 Å². The number of hydrogen-bond donors (Lipinski definition) is 4. The Morgan fingerprint density at radius 2 is 1.37 bits per heavy atom. The number of fused-ring (bicyclic) bond motifs is 3. The molecule has 0 aromatic heterocycles. The van der Waals surface area contributed by atoms with Crippen LogP contribution < -0.4 is 0 Å². The highest BCUT2D eigenvalue weighted by Gasteiger charge is 2.59. The molecule has 38 heavy (non-hydrogen) atoms. The molecule has 188 valence electrons. The van der Waals surface area contributed by atoms with Crippen molar-refractivity contribution >= 4 is 28.5 Å². The normalized spacial score (nSPS) is 23.6. The number of ketones is 3. The summed E-state index contributed by atoms with van der Waals surface area (Å²) < 4.78 is 0. The second-order valence-corrected chi connectivity index (χ2v) is 10.4. The van der Waals surface area contributed by atoms with Crippen LogP contribution in [-0.2, 0) is 5.41 Å². The summed E-state index contributed by atoms with van der Waals surface area (Å²) in [4.78, 5) is 40.6. The monoisotopic (exact) mass is 506 g/mol. The third-order valence-electron chi connectivity index (χ3n) is 8.59. The van der Waals surface area contributed by atoms with Crippen molar-refractivity contribution in [3.63, 3.8) is 0 Å². The highest BCUT2D eigenvalue weighted by molar-refractivity contribution is 6.25. The summed E-state index contributed by atoms with van der Waals surface area (Å²) in [5.41, 5.74) is 2.49. The lowest BCUT2D eigenvalue weighted by atomic mass is 9.56. The highest BCUT2D eigenvalue weighted by Crippen LogP contribution is 2.66. The molecule has 3 aromatic carbocycles. The van der Waals surface area contributed by atoms with Gasteiger partial charge in [0.2, 0.25) is 0 Å². The number of phenolic OH excluding ortho intramolecular Hbond substituents is 3. The van der Waals surface area contributed by atoms with Gasteiger partial charge < -0.3 is 20.4 Å². The van der Waals surface area contributed by atoms with Gasteiger partial charge in [0.1, 0.15) is 17.2 Å². The zero-order chi connectivity index (χ0) is 26.7. The molecular weight excluding hydrogens is 484 g/mol. The molecular formula is C31H22O7. The van der Waals surface area contributed by atoms with Crippen molar-refractivity contribution in [3.8, 4) is 17.2 Å². The molecule has 7 rings (SSSR count). The van der Waals surface area contributed by atoms with E-state index in [2.05, 4.69) is 0 Å². The fourth-order valence-corrected chi connectivity index (χ4v) is 7.24. The van der Waals surface area contributed by atoms with E-state index < -0.39 is 23.2 Å². The largest absolute Gasteiger partial charge is 0.507 e. The average molecular weight is 507 g/mol. The van der Waals surface area contributed by atoms with Crippen LogP contribution in [0.3, 0.4) is 0 Å². The Kier molecular flexibility index (Phi) is 4.36. The van der Waals surface area contributed by atoms with Gasteiger partial charge in [0, 0.05) is 24.0 Å². The van der Waals surface area contributed by atoms with Gasteiger partial charge in [0.05, 0.1) is 28.2 Å². The standard InChI is InChI=1S/C31H22O7/c1-13(32)16-12-17-25-19(8-9-22(35)28(25)30(16)38)31-14(11-24(37)27-18(31)5-3-7-21(27)34)10-23(36)26-15(29(17)31)4-2-6-20(26)33/h2-9,12-14,32-35H,10-11H2,1H3. The Hall–Kier alpha value is -4.49. The van der Waals surface area contributed by atoms with Gasteiger partial charge in [-0.1, -0.05) is 30.3 Å². The van der Waals surface area contributed by atoms with E-state index in [1.165, 1.54) is 25.1 Å². The van der Waals surface area contributed by atoms with Gasteiger partial charge in [-0.05, 0) is 65.0 Å². The molecule has 7 heteroatoms. The molecule has 4 N–H and O–H groups in total. The molecule has 4 aliphatic rings. The van der Waals surface area contributed by atoms with Crippen LogP contribution in [-0.4, -0.2) is 43.9 Å². The van der Waals surface area contributed by atoms with E-state index in [-0.39, 0.29) is 63.9 Å². The van der Waals surface area contributed by atoms with Crippen molar-refractivity contribution in [2.75, 3.05) is 0 Å². The van der Waals surface area contributed by atoms with Crippen LogP contribution in [0.15, 0.2) is 60.2 Å². The van der Waals surface area contributed by atoms with Gasteiger partial charge in [-0.2, -0.15) is 0 Å². The summed E-state index contributed by atoms with van der Waals surface area (Å²) in [6.07, 6.45) is 0.360. The predicted molar refractivity (Wildman–Crippen MR) is 137 cm³/mol. The molecule has 0 bridgehead atoms. The molecule has 3 aromatic rings. The second-order valence-electron chi connectivity index (χ2n) is 10.4. The second kappa shape index (κ2) is 7.30. The van der Waals surface area contributed by atoms with E-state index in [1.807, 2.05) is 0 Å². The quantitative estimate of drug-likeness (QED) is 0.387. The molecule has 0 aliphatic heterocycles. The van der Waals surface area contributed by atoms with Crippen molar-refractivity contribution in [3.05, 3.63) is 99.1 Å². The van der Waals surface area contributed by atoms with E-state index in [4.69, 9.17) is 0 Å².